The molecule has 2 aliphatic rings. The fourth-order valence-corrected chi connectivity index (χ4v) is 4.80. The summed E-state index contributed by atoms with van der Waals surface area (Å²) in [6.45, 7) is 1.92. The van der Waals surface area contributed by atoms with Crippen LogP contribution in [0.1, 0.15) is 25.3 Å². The maximum Gasteiger partial charge on any atom is 0.228 e. The SMILES string of the molecule is CC1(CC(=O)N2CCc3ccc(F)c(F)c32)CCS(=O)(=O)N1. The predicted molar refractivity (Wildman–Crippen MR) is 77.0 cm³/mol. The number of nitrogens with zero attached hydrogens (tertiary/aromatic N) is 1. The number of rotatable bonds is 2. The molecule has 22 heavy (non-hydrogen) atoms. The lowest BCUT2D eigenvalue weighted by atomic mass is 9.95. The highest BCUT2D eigenvalue weighted by Gasteiger charge is 2.41. The highest BCUT2D eigenvalue weighted by molar-refractivity contribution is 7.89. The predicted octanol–water partition coefficient (Wildman–Crippen LogP) is 1.33. The number of amides is 1. The zero-order valence-electron chi connectivity index (χ0n) is 12.0. The van der Waals surface area contributed by atoms with Crippen LogP contribution in [0.15, 0.2) is 12.1 Å². The Morgan fingerprint density at radius 3 is 2.77 bits per heavy atom. The standard InChI is InChI=1S/C14H16F2N2O3S/c1-14(5-7-22(20,21)17-14)8-11(19)18-6-4-9-2-3-10(15)12(16)13(9)18/h2-3,17H,4-8H2,1H3. The second-order valence-corrected chi connectivity index (χ2v) is 7.91. The Hall–Kier alpha value is -1.54. The van der Waals surface area contributed by atoms with E-state index in [2.05, 4.69) is 4.72 Å². The zero-order valence-corrected chi connectivity index (χ0v) is 12.8. The summed E-state index contributed by atoms with van der Waals surface area (Å²) in [7, 11) is -3.35. The van der Waals surface area contributed by atoms with Gasteiger partial charge in [-0.1, -0.05) is 6.07 Å². The largest absolute Gasteiger partial charge is 0.309 e. The second-order valence-electron chi connectivity index (χ2n) is 6.07. The van der Waals surface area contributed by atoms with Crippen LogP contribution in [0.2, 0.25) is 0 Å². The van der Waals surface area contributed by atoms with Crippen molar-refractivity contribution >= 4 is 21.6 Å². The summed E-state index contributed by atoms with van der Waals surface area (Å²) >= 11 is 0. The van der Waals surface area contributed by atoms with Crippen molar-refractivity contribution in [1.29, 1.82) is 0 Å². The van der Waals surface area contributed by atoms with Crippen LogP contribution >= 0.6 is 0 Å². The number of halogens is 2. The minimum Gasteiger partial charge on any atom is -0.309 e. The molecule has 0 aliphatic carbocycles. The van der Waals surface area contributed by atoms with Gasteiger partial charge < -0.3 is 4.90 Å². The first-order valence-electron chi connectivity index (χ1n) is 7.00. The van der Waals surface area contributed by atoms with E-state index in [4.69, 9.17) is 0 Å². The Labute approximate surface area is 127 Å². The zero-order chi connectivity index (χ0) is 16.1. The van der Waals surface area contributed by atoms with Gasteiger partial charge in [0.05, 0.1) is 11.4 Å². The van der Waals surface area contributed by atoms with Crippen molar-refractivity contribution in [2.45, 2.75) is 31.7 Å². The molecule has 1 atom stereocenters. The normalized spacial score (nSPS) is 26.2. The van der Waals surface area contributed by atoms with E-state index >= 15 is 0 Å². The van der Waals surface area contributed by atoms with Gasteiger partial charge in [0.25, 0.3) is 0 Å². The van der Waals surface area contributed by atoms with Crippen LogP contribution in [0.25, 0.3) is 0 Å². The Bertz CT molecular complexity index is 751. The molecular formula is C14H16F2N2O3S. The van der Waals surface area contributed by atoms with Crippen molar-refractivity contribution in [3.63, 3.8) is 0 Å². The van der Waals surface area contributed by atoms with Gasteiger partial charge in [-0.05, 0) is 31.4 Å². The molecule has 0 radical (unpaired) electrons. The Morgan fingerprint density at radius 1 is 1.41 bits per heavy atom. The fourth-order valence-electron chi connectivity index (χ4n) is 3.06. The van der Waals surface area contributed by atoms with Gasteiger partial charge in [-0.3, -0.25) is 4.79 Å². The molecule has 1 saturated heterocycles. The lowest BCUT2D eigenvalue weighted by Crippen LogP contribution is -2.44. The second kappa shape index (κ2) is 4.99. The van der Waals surface area contributed by atoms with E-state index in [1.165, 1.54) is 11.0 Å². The summed E-state index contributed by atoms with van der Waals surface area (Å²) in [4.78, 5) is 13.7. The van der Waals surface area contributed by atoms with Gasteiger partial charge >= 0.3 is 0 Å². The first kappa shape index (κ1) is 15.4. The average Bonchev–Trinajstić information content (AvgIpc) is 2.95. The Kier molecular flexibility index (Phi) is 3.48. The topological polar surface area (TPSA) is 66.5 Å². The number of hydrogen-bond donors (Lipinski definition) is 1. The van der Waals surface area contributed by atoms with Crippen molar-refractivity contribution in [3.8, 4) is 0 Å². The molecule has 0 saturated carbocycles. The minimum atomic E-state index is -3.35. The van der Waals surface area contributed by atoms with Crippen LogP contribution in [0, 0.1) is 11.6 Å². The molecule has 8 heteroatoms. The van der Waals surface area contributed by atoms with Crippen molar-refractivity contribution in [2.24, 2.45) is 0 Å². The molecule has 0 bridgehead atoms. The fraction of sp³-hybridized carbons (Fsp3) is 0.500. The Morgan fingerprint density at radius 2 is 2.14 bits per heavy atom. The molecule has 1 unspecified atom stereocenters. The van der Waals surface area contributed by atoms with E-state index in [1.807, 2.05) is 0 Å². The highest BCUT2D eigenvalue weighted by Crippen LogP contribution is 2.34. The van der Waals surface area contributed by atoms with Crippen LogP contribution < -0.4 is 9.62 Å². The van der Waals surface area contributed by atoms with Crippen LogP contribution in [-0.4, -0.2) is 32.2 Å². The number of nitrogens with one attached hydrogen (secondary N) is 1. The number of carbonyl (C=O) groups excluding carboxylic acids is 1. The monoisotopic (exact) mass is 330 g/mol. The van der Waals surface area contributed by atoms with Gasteiger partial charge in [-0.15, -0.1) is 0 Å². The van der Waals surface area contributed by atoms with Crippen molar-refractivity contribution in [2.75, 3.05) is 17.2 Å². The molecule has 3 rings (SSSR count). The molecule has 1 amide bonds. The molecule has 120 valence electrons. The molecule has 0 spiro atoms. The van der Waals surface area contributed by atoms with E-state index in [0.29, 0.717) is 18.4 Å². The molecule has 5 nitrogen and oxygen atoms in total. The summed E-state index contributed by atoms with van der Waals surface area (Å²) in [5.41, 5.74) is -0.304. The summed E-state index contributed by atoms with van der Waals surface area (Å²) in [6.07, 6.45) is 0.690. The summed E-state index contributed by atoms with van der Waals surface area (Å²) in [5.74, 6) is -2.46. The summed E-state index contributed by atoms with van der Waals surface area (Å²) < 4.78 is 52.8. The maximum atomic E-state index is 14.0. The quantitative estimate of drug-likeness (QED) is 0.889. The van der Waals surface area contributed by atoms with Crippen molar-refractivity contribution < 1.29 is 22.0 Å². The van der Waals surface area contributed by atoms with E-state index < -0.39 is 33.1 Å². The van der Waals surface area contributed by atoms with Gasteiger partial charge in [-0.25, -0.2) is 21.9 Å². The van der Waals surface area contributed by atoms with E-state index in [-0.39, 0.29) is 24.4 Å². The maximum absolute atomic E-state index is 14.0. The number of anilines is 1. The van der Waals surface area contributed by atoms with E-state index in [1.54, 1.807) is 6.92 Å². The van der Waals surface area contributed by atoms with Gasteiger partial charge in [0.1, 0.15) is 0 Å². The third kappa shape index (κ3) is 2.61. The smallest absolute Gasteiger partial charge is 0.228 e. The first-order valence-corrected chi connectivity index (χ1v) is 8.65. The van der Waals surface area contributed by atoms with Gasteiger partial charge in [-0.2, -0.15) is 0 Å². The average molecular weight is 330 g/mol. The lowest BCUT2D eigenvalue weighted by molar-refractivity contribution is -0.119. The van der Waals surface area contributed by atoms with E-state index in [9.17, 15) is 22.0 Å². The van der Waals surface area contributed by atoms with Crippen LogP contribution in [0.4, 0.5) is 14.5 Å². The molecule has 1 N–H and O–H groups in total. The van der Waals surface area contributed by atoms with Crippen LogP contribution in [0.5, 0.6) is 0 Å². The van der Waals surface area contributed by atoms with Gasteiger partial charge in [0.2, 0.25) is 15.9 Å². The third-order valence-corrected chi connectivity index (χ3v) is 5.74. The number of carbonyl (C=O) groups is 1. The number of fused-ring (bicyclic) bond motifs is 1. The minimum absolute atomic E-state index is 0.0190. The van der Waals surface area contributed by atoms with Crippen molar-refractivity contribution in [3.05, 3.63) is 29.3 Å². The first-order chi connectivity index (χ1) is 10.2. The number of hydrogen-bond acceptors (Lipinski definition) is 3. The van der Waals surface area contributed by atoms with Crippen LogP contribution in [0.3, 0.4) is 0 Å². The molecule has 0 aromatic heterocycles. The van der Waals surface area contributed by atoms with E-state index in [0.717, 1.165) is 6.07 Å². The molecule has 1 aromatic carbocycles. The number of benzene rings is 1. The highest BCUT2D eigenvalue weighted by atomic mass is 32.2. The molecule has 2 heterocycles. The molecule has 1 aromatic rings. The molecule has 2 aliphatic heterocycles. The van der Waals surface area contributed by atoms with Crippen LogP contribution in [-0.2, 0) is 21.2 Å². The van der Waals surface area contributed by atoms with Gasteiger partial charge in [0.15, 0.2) is 11.6 Å². The summed E-state index contributed by atoms with van der Waals surface area (Å²) in [6, 6.07) is 2.52. The molecular weight excluding hydrogens is 314 g/mol. The van der Waals surface area contributed by atoms with Crippen molar-refractivity contribution in [1.82, 2.24) is 4.72 Å². The summed E-state index contributed by atoms with van der Waals surface area (Å²) in [5, 5.41) is 0. The van der Waals surface area contributed by atoms with Gasteiger partial charge in [0, 0.05) is 18.5 Å². The molecule has 1 fully saturated rings. The third-order valence-electron chi connectivity index (χ3n) is 4.19. The number of sulfonamides is 1. The Balaban J connectivity index is 1.83. The lowest BCUT2D eigenvalue weighted by Gasteiger charge is -2.26.